The predicted molar refractivity (Wildman–Crippen MR) is 62.5 cm³/mol. The van der Waals surface area contributed by atoms with Gasteiger partial charge in [-0.2, -0.15) is 0 Å². The van der Waals surface area contributed by atoms with Gasteiger partial charge in [0.15, 0.2) is 0 Å². The van der Waals surface area contributed by atoms with Crippen molar-refractivity contribution in [2.75, 3.05) is 6.61 Å². The van der Waals surface area contributed by atoms with E-state index < -0.39 is 0 Å². The van der Waals surface area contributed by atoms with Gasteiger partial charge in [-0.25, -0.2) is 5.43 Å². The third-order valence-corrected chi connectivity index (χ3v) is 2.18. The van der Waals surface area contributed by atoms with Crippen LogP contribution in [0.4, 0.5) is 0 Å². The molecule has 82 valence electrons. The van der Waals surface area contributed by atoms with Gasteiger partial charge in [0.1, 0.15) is 5.75 Å². The Balaban J connectivity index is 2.82. The summed E-state index contributed by atoms with van der Waals surface area (Å²) in [7, 11) is 0. The molecule has 0 aliphatic carbocycles. The first-order valence-corrected chi connectivity index (χ1v) is 5.03. The third-order valence-electron chi connectivity index (χ3n) is 2.18. The Kier molecular flexibility index (Phi) is 4.34. The molecule has 0 spiro atoms. The number of nitrogens with one attached hydrogen (secondary N) is 1. The van der Waals surface area contributed by atoms with E-state index in [9.17, 15) is 0 Å². The van der Waals surface area contributed by atoms with Gasteiger partial charge < -0.3 is 4.74 Å². The molecule has 0 radical (unpaired) electrons. The second-order valence-electron chi connectivity index (χ2n) is 3.45. The molecule has 0 aromatic heterocycles. The van der Waals surface area contributed by atoms with Crippen molar-refractivity contribution in [3.8, 4) is 5.75 Å². The van der Waals surface area contributed by atoms with E-state index in [-0.39, 0.29) is 6.04 Å². The largest absolute Gasteiger partial charge is 0.494 e. The lowest BCUT2D eigenvalue weighted by Gasteiger charge is -2.16. The summed E-state index contributed by atoms with van der Waals surface area (Å²) in [5, 5.41) is 0. The quantitative estimate of drug-likeness (QED) is 0.441. The Morgan fingerprint density at radius 3 is 2.47 bits per heavy atom. The Hall–Kier alpha value is -1.32. The van der Waals surface area contributed by atoms with Crippen LogP contribution in [-0.4, -0.2) is 6.61 Å². The van der Waals surface area contributed by atoms with Crippen LogP contribution < -0.4 is 16.0 Å². The first-order valence-electron chi connectivity index (χ1n) is 5.03. The van der Waals surface area contributed by atoms with Crippen LogP contribution in [0, 0.1) is 0 Å². The van der Waals surface area contributed by atoms with Crippen molar-refractivity contribution in [1.82, 2.24) is 5.43 Å². The molecule has 1 atom stereocenters. The highest BCUT2D eigenvalue weighted by molar-refractivity contribution is 5.32. The molecule has 3 heteroatoms. The van der Waals surface area contributed by atoms with Gasteiger partial charge in [0.2, 0.25) is 0 Å². The van der Waals surface area contributed by atoms with Crippen LogP contribution in [0.2, 0.25) is 0 Å². The number of rotatable bonds is 5. The van der Waals surface area contributed by atoms with Gasteiger partial charge in [0, 0.05) is 0 Å². The molecule has 0 aliphatic heterocycles. The second kappa shape index (κ2) is 5.53. The molecule has 0 saturated carbocycles. The first-order chi connectivity index (χ1) is 7.19. The molecule has 0 saturated heterocycles. The molecule has 0 fully saturated rings. The van der Waals surface area contributed by atoms with Crippen molar-refractivity contribution in [2.45, 2.75) is 19.9 Å². The van der Waals surface area contributed by atoms with E-state index >= 15 is 0 Å². The monoisotopic (exact) mass is 206 g/mol. The van der Waals surface area contributed by atoms with Crippen molar-refractivity contribution in [2.24, 2.45) is 5.84 Å². The van der Waals surface area contributed by atoms with E-state index in [1.54, 1.807) is 0 Å². The van der Waals surface area contributed by atoms with Crippen molar-refractivity contribution < 1.29 is 4.74 Å². The zero-order valence-corrected chi connectivity index (χ0v) is 9.29. The van der Waals surface area contributed by atoms with Crippen molar-refractivity contribution in [1.29, 1.82) is 0 Å². The van der Waals surface area contributed by atoms with Gasteiger partial charge in [-0.1, -0.05) is 24.3 Å². The van der Waals surface area contributed by atoms with E-state index in [0.29, 0.717) is 6.61 Å². The average Bonchev–Trinajstić information content (AvgIpc) is 2.21. The Morgan fingerprint density at radius 2 is 2.07 bits per heavy atom. The summed E-state index contributed by atoms with van der Waals surface area (Å²) in [4.78, 5) is 0. The fourth-order valence-corrected chi connectivity index (χ4v) is 1.45. The molecular formula is C12H18N2O. The lowest BCUT2D eigenvalue weighted by Crippen LogP contribution is -2.28. The SMILES string of the molecule is C=C(C)C(NN)c1ccc(OCC)cc1. The average molecular weight is 206 g/mol. The predicted octanol–water partition coefficient (Wildman–Crippen LogP) is 2.17. The number of ether oxygens (including phenoxy) is 1. The van der Waals surface area contributed by atoms with Gasteiger partial charge in [-0.05, 0) is 31.5 Å². The Bertz CT molecular complexity index is 319. The van der Waals surface area contributed by atoms with Gasteiger partial charge in [-0.3, -0.25) is 5.84 Å². The fraction of sp³-hybridized carbons (Fsp3) is 0.333. The zero-order chi connectivity index (χ0) is 11.3. The summed E-state index contributed by atoms with van der Waals surface area (Å²) in [5.74, 6) is 6.33. The third kappa shape index (κ3) is 3.08. The molecule has 0 aliphatic rings. The minimum atomic E-state index is 0.000626. The van der Waals surface area contributed by atoms with E-state index in [0.717, 1.165) is 16.9 Å². The van der Waals surface area contributed by atoms with Crippen LogP contribution in [0.5, 0.6) is 5.75 Å². The summed E-state index contributed by atoms with van der Waals surface area (Å²) in [5.41, 5.74) is 4.81. The lowest BCUT2D eigenvalue weighted by atomic mass is 10.0. The minimum absolute atomic E-state index is 0.000626. The van der Waals surface area contributed by atoms with Crippen molar-refractivity contribution >= 4 is 0 Å². The molecule has 0 bridgehead atoms. The number of hydrogen-bond donors (Lipinski definition) is 2. The van der Waals surface area contributed by atoms with Crippen molar-refractivity contribution in [3.63, 3.8) is 0 Å². The van der Waals surface area contributed by atoms with E-state index in [1.807, 2.05) is 38.1 Å². The first kappa shape index (κ1) is 11.8. The highest BCUT2D eigenvalue weighted by Crippen LogP contribution is 2.21. The molecule has 15 heavy (non-hydrogen) atoms. The number of nitrogens with two attached hydrogens (primary N) is 1. The van der Waals surface area contributed by atoms with Gasteiger partial charge in [-0.15, -0.1) is 0 Å². The van der Waals surface area contributed by atoms with Crippen LogP contribution in [0.25, 0.3) is 0 Å². The minimum Gasteiger partial charge on any atom is -0.494 e. The Labute approximate surface area is 90.9 Å². The maximum atomic E-state index is 5.46. The standard InChI is InChI=1S/C12H18N2O/c1-4-15-11-7-5-10(6-8-11)12(14-13)9(2)3/h5-8,12,14H,2,4,13H2,1,3H3. The number of hydrogen-bond acceptors (Lipinski definition) is 3. The summed E-state index contributed by atoms with van der Waals surface area (Å²) in [6.07, 6.45) is 0. The number of hydrazine groups is 1. The van der Waals surface area contributed by atoms with E-state index in [1.165, 1.54) is 0 Å². The van der Waals surface area contributed by atoms with E-state index in [4.69, 9.17) is 10.6 Å². The smallest absolute Gasteiger partial charge is 0.119 e. The highest BCUT2D eigenvalue weighted by atomic mass is 16.5. The van der Waals surface area contributed by atoms with Crippen LogP contribution in [0.15, 0.2) is 36.4 Å². The Morgan fingerprint density at radius 1 is 1.47 bits per heavy atom. The molecule has 0 amide bonds. The zero-order valence-electron chi connectivity index (χ0n) is 9.29. The lowest BCUT2D eigenvalue weighted by molar-refractivity contribution is 0.340. The maximum absolute atomic E-state index is 5.46. The van der Waals surface area contributed by atoms with Crippen molar-refractivity contribution in [3.05, 3.63) is 42.0 Å². The molecule has 3 N–H and O–H groups in total. The van der Waals surface area contributed by atoms with Gasteiger partial charge in [0.05, 0.1) is 12.6 Å². The normalized spacial score (nSPS) is 12.2. The summed E-state index contributed by atoms with van der Waals surface area (Å²) >= 11 is 0. The summed E-state index contributed by atoms with van der Waals surface area (Å²) in [6.45, 7) is 8.48. The summed E-state index contributed by atoms with van der Waals surface area (Å²) < 4.78 is 5.36. The molecule has 1 aromatic rings. The van der Waals surface area contributed by atoms with Crippen LogP contribution in [0.1, 0.15) is 25.5 Å². The second-order valence-corrected chi connectivity index (χ2v) is 3.45. The topological polar surface area (TPSA) is 47.3 Å². The highest BCUT2D eigenvalue weighted by Gasteiger charge is 2.09. The number of benzene rings is 1. The van der Waals surface area contributed by atoms with Gasteiger partial charge in [0.25, 0.3) is 0 Å². The van der Waals surface area contributed by atoms with E-state index in [2.05, 4.69) is 12.0 Å². The molecule has 3 nitrogen and oxygen atoms in total. The molecule has 1 rings (SSSR count). The van der Waals surface area contributed by atoms with Crippen LogP contribution >= 0.6 is 0 Å². The molecule has 1 unspecified atom stereocenters. The van der Waals surface area contributed by atoms with Crippen LogP contribution in [0.3, 0.4) is 0 Å². The molecule has 0 heterocycles. The summed E-state index contributed by atoms with van der Waals surface area (Å²) in [6, 6.07) is 7.85. The van der Waals surface area contributed by atoms with Gasteiger partial charge >= 0.3 is 0 Å². The van der Waals surface area contributed by atoms with Crippen LogP contribution in [-0.2, 0) is 0 Å². The molecule has 1 aromatic carbocycles. The maximum Gasteiger partial charge on any atom is 0.119 e. The fourth-order valence-electron chi connectivity index (χ4n) is 1.45. The molecular weight excluding hydrogens is 188 g/mol.